The fourth-order valence-electron chi connectivity index (χ4n) is 6.14. The maximum atomic E-state index is 13.2. The van der Waals surface area contributed by atoms with Gasteiger partial charge in [0.2, 0.25) is 5.91 Å². The van der Waals surface area contributed by atoms with E-state index >= 15 is 0 Å². The standard InChI is InChI=1S/C24H46N4O2/c1-17(29)11-20(30)28(19-14-23(6,7)26-24(8,9)15-19)16-27(10)18-12-21(2,3)25-22(4,5)13-18/h18-19,25-26H,11-16H2,1-10H3. The van der Waals surface area contributed by atoms with Crippen LogP contribution in [0.4, 0.5) is 0 Å². The first kappa shape index (κ1) is 25.3. The van der Waals surface area contributed by atoms with Crippen LogP contribution < -0.4 is 10.6 Å². The van der Waals surface area contributed by atoms with Gasteiger partial charge >= 0.3 is 0 Å². The van der Waals surface area contributed by atoms with E-state index in [0.717, 1.165) is 25.7 Å². The van der Waals surface area contributed by atoms with Crippen LogP contribution in [0.3, 0.4) is 0 Å². The van der Waals surface area contributed by atoms with E-state index in [0.29, 0.717) is 12.7 Å². The van der Waals surface area contributed by atoms with E-state index < -0.39 is 0 Å². The van der Waals surface area contributed by atoms with E-state index in [1.807, 2.05) is 4.90 Å². The lowest BCUT2D eigenvalue weighted by Gasteiger charge is -2.52. The molecule has 0 aromatic rings. The molecule has 2 heterocycles. The van der Waals surface area contributed by atoms with Crippen LogP contribution in [0.25, 0.3) is 0 Å². The van der Waals surface area contributed by atoms with Gasteiger partial charge in [-0.3, -0.25) is 14.5 Å². The maximum Gasteiger partial charge on any atom is 0.231 e. The van der Waals surface area contributed by atoms with Crippen LogP contribution in [0.5, 0.6) is 0 Å². The lowest BCUT2D eigenvalue weighted by Crippen LogP contribution is -2.65. The molecule has 6 heteroatoms. The topological polar surface area (TPSA) is 64.7 Å². The van der Waals surface area contributed by atoms with Crippen molar-refractivity contribution in [3.63, 3.8) is 0 Å². The number of nitrogens with one attached hydrogen (secondary N) is 2. The van der Waals surface area contributed by atoms with Crippen molar-refractivity contribution in [2.24, 2.45) is 0 Å². The molecule has 174 valence electrons. The number of carbonyl (C=O) groups is 2. The number of piperidine rings is 2. The minimum atomic E-state index is -0.0655. The third-order valence-electron chi connectivity index (χ3n) is 6.50. The fraction of sp³-hybridized carbons (Fsp3) is 0.917. The van der Waals surface area contributed by atoms with Crippen LogP contribution in [-0.2, 0) is 9.59 Å². The Morgan fingerprint density at radius 1 is 0.767 bits per heavy atom. The molecule has 0 unspecified atom stereocenters. The molecule has 0 spiro atoms. The molecular formula is C24H46N4O2. The second kappa shape index (κ2) is 8.51. The summed E-state index contributed by atoms with van der Waals surface area (Å²) in [7, 11) is 2.13. The van der Waals surface area contributed by atoms with Gasteiger partial charge in [0, 0.05) is 34.2 Å². The number of Topliss-reactive ketones (excluding diaryl/α,β-unsaturated/α-hetero) is 1. The predicted molar refractivity (Wildman–Crippen MR) is 123 cm³/mol. The molecule has 2 aliphatic heterocycles. The van der Waals surface area contributed by atoms with E-state index in [1.165, 1.54) is 6.92 Å². The molecule has 0 aliphatic carbocycles. The number of nitrogens with zero attached hydrogens (tertiary/aromatic N) is 2. The molecule has 2 N–H and O–H groups in total. The number of hydrogen-bond acceptors (Lipinski definition) is 5. The van der Waals surface area contributed by atoms with E-state index in [2.05, 4.69) is 78.0 Å². The number of carbonyl (C=O) groups excluding carboxylic acids is 2. The fourth-order valence-corrected chi connectivity index (χ4v) is 6.14. The summed E-state index contributed by atoms with van der Waals surface area (Å²) in [4.78, 5) is 29.3. The third-order valence-corrected chi connectivity index (χ3v) is 6.50. The molecule has 0 atom stereocenters. The Labute approximate surface area is 184 Å². The van der Waals surface area contributed by atoms with Crippen molar-refractivity contribution in [1.82, 2.24) is 20.4 Å². The van der Waals surface area contributed by atoms with Crippen molar-refractivity contribution < 1.29 is 9.59 Å². The molecule has 0 bridgehead atoms. The van der Waals surface area contributed by atoms with Gasteiger partial charge in [-0.25, -0.2) is 0 Å². The second-order valence-electron chi connectivity index (χ2n) is 12.6. The third kappa shape index (κ3) is 7.03. The first-order valence-electron chi connectivity index (χ1n) is 11.5. The van der Waals surface area contributed by atoms with Gasteiger partial charge in [0.05, 0.1) is 13.1 Å². The molecule has 2 aliphatic rings. The number of hydrogen-bond donors (Lipinski definition) is 2. The number of amides is 1. The van der Waals surface area contributed by atoms with Gasteiger partial charge in [0.15, 0.2) is 0 Å². The van der Waals surface area contributed by atoms with Crippen LogP contribution in [0.15, 0.2) is 0 Å². The second-order valence-corrected chi connectivity index (χ2v) is 12.6. The molecule has 0 aromatic heterocycles. The van der Waals surface area contributed by atoms with Crippen LogP contribution in [0.1, 0.15) is 94.4 Å². The number of rotatable bonds is 6. The van der Waals surface area contributed by atoms with Crippen LogP contribution >= 0.6 is 0 Å². The van der Waals surface area contributed by atoms with Gasteiger partial charge in [0.25, 0.3) is 0 Å². The molecule has 2 fully saturated rings. The monoisotopic (exact) mass is 422 g/mol. The highest BCUT2D eigenvalue weighted by Gasteiger charge is 2.43. The molecule has 0 saturated carbocycles. The first-order valence-corrected chi connectivity index (χ1v) is 11.5. The van der Waals surface area contributed by atoms with Crippen molar-refractivity contribution in [1.29, 1.82) is 0 Å². The molecule has 2 saturated heterocycles. The van der Waals surface area contributed by atoms with Crippen molar-refractivity contribution >= 4 is 11.7 Å². The predicted octanol–water partition coefficient (Wildman–Crippen LogP) is 3.30. The van der Waals surface area contributed by atoms with E-state index in [4.69, 9.17) is 0 Å². The molecular weight excluding hydrogens is 376 g/mol. The summed E-state index contributed by atoms with van der Waals surface area (Å²) in [6.45, 7) is 19.9. The summed E-state index contributed by atoms with van der Waals surface area (Å²) in [5, 5.41) is 7.45. The SMILES string of the molecule is CC(=O)CC(=O)N(CN(C)C1CC(C)(C)NC(C)(C)C1)C1CC(C)(C)NC(C)(C)C1. The Morgan fingerprint density at radius 3 is 1.50 bits per heavy atom. The summed E-state index contributed by atoms with van der Waals surface area (Å²) >= 11 is 0. The zero-order valence-electron chi connectivity index (χ0n) is 21.1. The van der Waals surface area contributed by atoms with Crippen molar-refractivity contribution in [2.45, 2.75) is 129 Å². The Balaban J connectivity index is 2.25. The minimum Gasteiger partial charge on any atom is -0.326 e. The van der Waals surface area contributed by atoms with Gasteiger partial charge in [-0.05, 0) is 95.0 Å². The molecule has 6 nitrogen and oxygen atoms in total. The maximum absolute atomic E-state index is 13.2. The molecule has 30 heavy (non-hydrogen) atoms. The van der Waals surface area contributed by atoms with Crippen LogP contribution in [-0.4, -0.2) is 69.4 Å². The van der Waals surface area contributed by atoms with Gasteiger partial charge in [-0.2, -0.15) is 0 Å². The summed E-state index contributed by atoms with van der Waals surface area (Å²) in [6, 6.07) is 0.500. The Hall–Kier alpha value is -0.980. The lowest BCUT2D eigenvalue weighted by molar-refractivity contribution is -0.141. The molecule has 1 amide bonds. The lowest BCUT2D eigenvalue weighted by atomic mass is 9.78. The van der Waals surface area contributed by atoms with Crippen LogP contribution in [0, 0.1) is 0 Å². The molecule has 2 rings (SSSR count). The summed E-state index contributed by atoms with van der Waals surface area (Å²) in [5.41, 5.74) is -0.0156. The average Bonchev–Trinajstić information content (AvgIpc) is 2.45. The van der Waals surface area contributed by atoms with Gasteiger partial charge < -0.3 is 15.5 Å². The highest BCUT2D eigenvalue weighted by atomic mass is 16.2. The summed E-state index contributed by atoms with van der Waals surface area (Å²) < 4.78 is 0. The van der Waals surface area contributed by atoms with Crippen LogP contribution in [0.2, 0.25) is 0 Å². The number of ketones is 1. The Kier molecular flexibility index (Phi) is 7.17. The molecule has 0 aromatic carbocycles. The zero-order chi connectivity index (χ0) is 23.1. The first-order chi connectivity index (χ1) is 13.4. The zero-order valence-corrected chi connectivity index (χ0v) is 21.1. The Bertz CT molecular complexity index is 622. The Morgan fingerprint density at radius 2 is 1.13 bits per heavy atom. The summed E-state index contributed by atoms with van der Waals surface area (Å²) in [5.74, 6) is -0.107. The highest BCUT2D eigenvalue weighted by Crippen LogP contribution is 2.34. The average molecular weight is 423 g/mol. The quantitative estimate of drug-likeness (QED) is 0.508. The molecule has 0 radical (unpaired) electrons. The van der Waals surface area contributed by atoms with E-state index in [-0.39, 0.29) is 46.3 Å². The van der Waals surface area contributed by atoms with Gasteiger partial charge in [-0.1, -0.05) is 0 Å². The van der Waals surface area contributed by atoms with E-state index in [9.17, 15) is 9.59 Å². The minimum absolute atomic E-state index is 0.0121. The van der Waals surface area contributed by atoms with Crippen molar-refractivity contribution in [3.05, 3.63) is 0 Å². The van der Waals surface area contributed by atoms with E-state index in [1.54, 1.807) is 0 Å². The van der Waals surface area contributed by atoms with Crippen molar-refractivity contribution in [2.75, 3.05) is 13.7 Å². The summed E-state index contributed by atoms with van der Waals surface area (Å²) in [6.07, 6.45) is 3.83. The van der Waals surface area contributed by atoms with Crippen molar-refractivity contribution in [3.8, 4) is 0 Å². The normalized spacial score (nSPS) is 25.8. The van der Waals surface area contributed by atoms with Gasteiger partial charge in [-0.15, -0.1) is 0 Å². The largest absolute Gasteiger partial charge is 0.326 e. The smallest absolute Gasteiger partial charge is 0.231 e. The van der Waals surface area contributed by atoms with Gasteiger partial charge in [0.1, 0.15) is 5.78 Å². The highest BCUT2D eigenvalue weighted by molar-refractivity contribution is 5.96.